The van der Waals surface area contributed by atoms with Crippen LogP contribution in [0.15, 0.2) is 60.7 Å². The molecule has 0 atom stereocenters. The van der Waals surface area contributed by atoms with E-state index in [0.717, 1.165) is 7.14 Å². The fourth-order valence-corrected chi connectivity index (χ4v) is 5.45. The van der Waals surface area contributed by atoms with Gasteiger partial charge >= 0.3 is 102 Å². The van der Waals surface area contributed by atoms with Gasteiger partial charge in [-0.3, -0.25) is 0 Å². The van der Waals surface area contributed by atoms with Crippen molar-refractivity contribution in [2.24, 2.45) is 0 Å². The molecule has 1 N–H and O–H groups in total. The molecule has 0 saturated heterocycles. The Morgan fingerprint density at radius 2 is 1.19 bits per heavy atom. The van der Waals surface area contributed by atoms with Gasteiger partial charge in [-0.1, -0.05) is 0 Å². The van der Waals surface area contributed by atoms with Gasteiger partial charge in [0.05, 0.1) is 0 Å². The number of halogens is 1. The molecule has 2 aromatic carbocycles. The number of hydrogen-bond donors (Lipinski definition) is 1. The van der Waals surface area contributed by atoms with Crippen LogP contribution in [-0.2, 0) is 0 Å². The molecule has 0 spiro atoms. The van der Waals surface area contributed by atoms with E-state index >= 15 is 0 Å². The quantitative estimate of drug-likeness (QED) is 0.686. The molecule has 82 valence electrons. The normalized spacial score (nSPS) is 10.9. The summed E-state index contributed by atoms with van der Waals surface area (Å²) in [5.41, 5.74) is 0. The molecule has 0 bridgehead atoms. The molecule has 0 fully saturated rings. The number of rotatable bonds is 3. The van der Waals surface area contributed by atoms with E-state index in [-0.39, 0.29) is 0 Å². The van der Waals surface area contributed by atoms with Crippen LogP contribution in [0.4, 0.5) is 4.79 Å². The Bertz CT molecular complexity index is 428. The van der Waals surface area contributed by atoms with Gasteiger partial charge in [-0.15, -0.1) is 0 Å². The Labute approximate surface area is 101 Å². The molecule has 3 heteroatoms. The monoisotopic (exact) mass is 326 g/mol. The summed E-state index contributed by atoms with van der Waals surface area (Å²) in [6.07, 6.45) is 0. The second-order valence-corrected chi connectivity index (χ2v) is 8.16. The summed E-state index contributed by atoms with van der Waals surface area (Å²) in [5.74, 6) is 0. The zero-order valence-electron chi connectivity index (χ0n) is 8.51. The molecular weight excluding hydrogens is 315 g/mol. The van der Waals surface area contributed by atoms with Gasteiger partial charge in [-0.05, 0) is 0 Å². The van der Waals surface area contributed by atoms with Crippen molar-refractivity contribution in [3.8, 4) is 0 Å². The first-order valence-corrected chi connectivity index (χ1v) is 8.05. The summed E-state index contributed by atoms with van der Waals surface area (Å²) in [7, 11) is 0. The van der Waals surface area contributed by atoms with Gasteiger partial charge in [0, 0.05) is 0 Å². The van der Waals surface area contributed by atoms with Crippen molar-refractivity contribution in [3.05, 3.63) is 67.8 Å². The average molecular weight is 326 g/mol. The van der Waals surface area contributed by atoms with Gasteiger partial charge in [0.15, 0.2) is 0 Å². The first kappa shape index (κ1) is 11.1. The SMILES string of the molecule is O=C(O)I(c1ccccc1)c1ccccc1. The topological polar surface area (TPSA) is 37.3 Å². The molecule has 0 aliphatic carbocycles. The maximum absolute atomic E-state index is 11.4. The Balaban J connectivity index is 2.44. The van der Waals surface area contributed by atoms with Crippen LogP contribution in [0.25, 0.3) is 0 Å². The van der Waals surface area contributed by atoms with Crippen LogP contribution in [-0.4, -0.2) is 9.08 Å². The number of hydrogen-bond acceptors (Lipinski definition) is 1. The van der Waals surface area contributed by atoms with Gasteiger partial charge in [-0.25, -0.2) is 0 Å². The maximum atomic E-state index is 11.4. The van der Waals surface area contributed by atoms with Crippen molar-refractivity contribution in [2.75, 3.05) is 0 Å². The Morgan fingerprint density at radius 3 is 1.50 bits per heavy atom. The van der Waals surface area contributed by atoms with Crippen molar-refractivity contribution in [1.29, 1.82) is 0 Å². The predicted molar refractivity (Wildman–Crippen MR) is 72.3 cm³/mol. The molecule has 0 aliphatic heterocycles. The van der Waals surface area contributed by atoms with Crippen LogP contribution in [0, 0.1) is 7.14 Å². The number of carboxylic acid groups (broad SMARTS) is 1. The molecule has 0 aromatic heterocycles. The third-order valence-electron chi connectivity index (χ3n) is 2.06. The molecule has 16 heavy (non-hydrogen) atoms. The van der Waals surface area contributed by atoms with Crippen molar-refractivity contribution in [3.63, 3.8) is 0 Å². The molecular formula is C13H11IO2. The molecule has 0 amide bonds. The summed E-state index contributed by atoms with van der Waals surface area (Å²) in [5, 5.41) is 9.35. The van der Waals surface area contributed by atoms with E-state index in [9.17, 15) is 9.90 Å². The van der Waals surface area contributed by atoms with Crippen LogP contribution in [0.1, 0.15) is 0 Å². The average Bonchev–Trinajstić information content (AvgIpc) is 2.31. The van der Waals surface area contributed by atoms with Crippen molar-refractivity contribution >= 4 is 23.8 Å². The standard InChI is InChI=1S/C13H11IO2/c15-13(16)14(11-7-3-1-4-8-11)12-9-5-2-6-10-12/h1-10H,(H,15,16). The van der Waals surface area contributed by atoms with Crippen LogP contribution in [0.5, 0.6) is 0 Å². The third kappa shape index (κ3) is 2.41. The van der Waals surface area contributed by atoms with Gasteiger partial charge in [0.2, 0.25) is 0 Å². The first-order chi connectivity index (χ1) is 7.79. The summed E-state index contributed by atoms with van der Waals surface area (Å²) in [6.45, 7) is 0. The summed E-state index contributed by atoms with van der Waals surface area (Å²) >= 11 is -2.30. The molecule has 0 radical (unpaired) electrons. The van der Waals surface area contributed by atoms with Gasteiger partial charge in [-0.2, -0.15) is 0 Å². The zero-order chi connectivity index (χ0) is 11.4. The summed E-state index contributed by atoms with van der Waals surface area (Å²) in [4.78, 5) is 11.4. The van der Waals surface area contributed by atoms with E-state index in [2.05, 4.69) is 0 Å². The van der Waals surface area contributed by atoms with Gasteiger partial charge < -0.3 is 0 Å². The molecule has 0 saturated carbocycles. The fraction of sp³-hybridized carbons (Fsp3) is 0. The molecule has 2 aromatic rings. The van der Waals surface area contributed by atoms with E-state index < -0.39 is 23.8 Å². The van der Waals surface area contributed by atoms with Crippen LogP contribution in [0.2, 0.25) is 0 Å². The molecule has 0 heterocycles. The van der Waals surface area contributed by atoms with E-state index in [0.29, 0.717) is 0 Å². The Morgan fingerprint density at radius 1 is 0.812 bits per heavy atom. The second kappa shape index (κ2) is 5.12. The van der Waals surface area contributed by atoms with Crippen molar-refractivity contribution < 1.29 is 9.90 Å². The minimum absolute atomic E-state index is 0.665. The molecule has 2 nitrogen and oxygen atoms in total. The summed E-state index contributed by atoms with van der Waals surface area (Å²) in [6, 6.07) is 19.0. The van der Waals surface area contributed by atoms with Gasteiger partial charge in [0.1, 0.15) is 0 Å². The Hall–Kier alpha value is -1.36. The van der Waals surface area contributed by atoms with Crippen molar-refractivity contribution in [2.45, 2.75) is 0 Å². The zero-order valence-corrected chi connectivity index (χ0v) is 10.7. The minimum atomic E-state index is -2.30. The predicted octanol–water partition coefficient (Wildman–Crippen LogP) is 3.91. The van der Waals surface area contributed by atoms with Gasteiger partial charge in [0.25, 0.3) is 0 Å². The van der Waals surface area contributed by atoms with Crippen LogP contribution >= 0.6 is 19.8 Å². The van der Waals surface area contributed by atoms with E-state index in [1.54, 1.807) is 0 Å². The molecule has 0 unspecified atom stereocenters. The number of benzene rings is 2. The van der Waals surface area contributed by atoms with E-state index in [4.69, 9.17) is 0 Å². The summed E-state index contributed by atoms with van der Waals surface area (Å²) < 4.78 is 1.26. The molecule has 2 rings (SSSR count). The number of carbonyl (C=O) groups is 1. The van der Waals surface area contributed by atoms with E-state index in [1.807, 2.05) is 60.7 Å². The Kier molecular flexibility index (Phi) is 3.56. The van der Waals surface area contributed by atoms with Crippen molar-refractivity contribution in [1.82, 2.24) is 0 Å². The fourth-order valence-electron chi connectivity index (χ4n) is 1.39. The first-order valence-electron chi connectivity index (χ1n) is 4.82. The second-order valence-electron chi connectivity index (χ2n) is 3.13. The third-order valence-corrected chi connectivity index (χ3v) is 6.92. The van der Waals surface area contributed by atoms with Crippen LogP contribution in [0.3, 0.4) is 0 Å². The van der Waals surface area contributed by atoms with Crippen LogP contribution < -0.4 is 0 Å². The van der Waals surface area contributed by atoms with E-state index in [1.165, 1.54) is 0 Å². The molecule has 0 aliphatic rings.